The van der Waals surface area contributed by atoms with E-state index < -0.39 is 17.4 Å². The maximum absolute atomic E-state index is 13.2. The van der Waals surface area contributed by atoms with Crippen molar-refractivity contribution >= 4 is 11.8 Å². The number of esters is 1. The SMILES string of the molecule is CCCCCc1cc2c(c3c1C(=O)OC(C)(C(C)=O)O3)-c1cc(C)ccc1C(C)(C)O2. The monoisotopic (exact) mass is 422 g/mol. The summed E-state index contributed by atoms with van der Waals surface area (Å²) in [5, 5.41) is 0. The zero-order valence-electron chi connectivity index (χ0n) is 19.2. The first-order valence-electron chi connectivity index (χ1n) is 11.0. The Bertz CT molecular complexity index is 1080. The van der Waals surface area contributed by atoms with E-state index in [1.807, 2.05) is 26.8 Å². The minimum Gasteiger partial charge on any atom is -0.482 e. The second-order valence-electron chi connectivity index (χ2n) is 9.22. The van der Waals surface area contributed by atoms with Crippen LogP contribution in [0.15, 0.2) is 24.3 Å². The topological polar surface area (TPSA) is 61.8 Å². The number of carbonyl (C=O) groups excluding carboxylic acids is 2. The predicted octanol–water partition coefficient (Wildman–Crippen LogP) is 5.88. The Hall–Kier alpha value is -2.82. The number of ether oxygens (including phenoxy) is 3. The molecule has 2 aliphatic heterocycles. The van der Waals surface area contributed by atoms with Crippen molar-refractivity contribution in [2.75, 3.05) is 0 Å². The summed E-state index contributed by atoms with van der Waals surface area (Å²) in [4.78, 5) is 25.5. The largest absolute Gasteiger partial charge is 0.482 e. The molecule has 164 valence electrons. The standard InChI is InChI=1S/C26H30O5/c1-7-8-9-10-17-14-20-22(18-13-15(2)11-12-19(18)25(4,5)29-20)23-21(17)24(28)31-26(6,30-23)16(3)27/h11-14H,7-10H2,1-6H3. The van der Waals surface area contributed by atoms with Gasteiger partial charge < -0.3 is 14.2 Å². The summed E-state index contributed by atoms with van der Waals surface area (Å²) in [6.07, 6.45) is 3.79. The molecule has 5 nitrogen and oxygen atoms in total. The van der Waals surface area contributed by atoms with Crippen LogP contribution < -0.4 is 9.47 Å². The van der Waals surface area contributed by atoms with Crippen molar-refractivity contribution in [3.05, 3.63) is 46.5 Å². The van der Waals surface area contributed by atoms with E-state index in [-0.39, 0.29) is 5.78 Å². The summed E-state index contributed by atoms with van der Waals surface area (Å²) in [7, 11) is 0. The van der Waals surface area contributed by atoms with Crippen molar-refractivity contribution in [2.24, 2.45) is 0 Å². The number of hydrogen-bond donors (Lipinski definition) is 0. The molecule has 0 radical (unpaired) electrons. The highest BCUT2D eigenvalue weighted by Gasteiger charge is 2.47. The third kappa shape index (κ3) is 3.50. The van der Waals surface area contributed by atoms with Crippen molar-refractivity contribution in [1.29, 1.82) is 0 Å². The Morgan fingerprint density at radius 3 is 2.42 bits per heavy atom. The zero-order chi connectivity index (χ0) is 22.6. The molecule has 0 saturated carbocycles. The van der Waals surface area contributed by atoms with Gasteiger partial charge in [0.25, 0.3) is 0 Å². The van der Waals surface area contributed by atoms with Crippen LogP contribution in [0.2, 0.25) is 0 Å². The van der Waals surface area contributed by atoms with Gasteiger partial charge in [0.15, 0.2) is 5.75 Å². The Kier molecular flexibility index (Phi) is 5.11. The summed E-state index contributed by atoms with van der Waals surface area (Å²) >= 11 is 0. The van der Waals surface area contributed by atoms with Gasteiger partial charge in [0.2, 0.25) is 5.78 Å². The molecule has 4 rings (SSSR count). The van der Waals surface area contributed by atoms with Crippen LogP contribution in [0.25, 0.3) is 11.1 Å². The van der Waals surface area contributed by atoms with Crippen LogP contribution in [0.3, 0.4) is 0 Å². The molecule has 1 unspecified atom stereocenters. The number of rotatable bonds is 5. The molecule has 2 aromatic rings. The fraction of sp³-hybridized carbons (Fsp3) is 0.462. The second kappa shape index (κ2) is 7.40. The molecule has 0 fully saturated rings. The highest BCUT2D eigenvalue weighted by molar-refractivity contribution is 6.03. The maximum atomic E-state index is 13.2. The zero-order valence-corrected chi connectivity index (χ0v) is 19.2. The smallest absolute Gasteiger partial charge is 0.345 e. The summed E-state index contributed by atoms with van der Waals surface area (Å²) in [6, 6.07) is 8.15. The molecule has 0 aliphatic carbocycles. The average Bonchev–Trinajstić information content (AvgIpc) is 2.66. The Morgan fingerprint density at radius 2 is 1.74 bits per heavy atom. The summed E-state index contributed by atoms with van der Waals surface area (Å²) < 4.78 is 18.1. The fourth-order valence-electron chi connectivity index (χ4n) is 4.42. The molecule has 1 atom stereocenters. The number of benzene rings is 2. The summed E-state index contributed by atoms with van der Waals surface area (Å²) in [6.45, 7) is 11.1. The second-order valence-corrected chi connectivity index (χ2v) is 9.22. The van der Waals surface area contributed by atoms with Crippen LogP contribution in [0.5, 0.6) is 11.5 Å². The van der Waals surface area contributed by atoms with Crippen molar-refractivity contribution in [2.45, 2.75) is 78.6 Å². The lowest BCUT2D eigenvalue weighted by Crippen LogP contribution is -2.48. The van der Waals surface area contributed by atoms with Crippen LogP contribution in [-0.4, -0.2) is 17.5 Å². The van der Waals surface area contributed by atoms with E-state index in [1.54, 1.807) is 0 Å². The van der Waals surface area contributed by atoms with Gasteiger partial charge in [0, 0.05) is 19.4 Å². The molecule has 0 N–H and O–H groups in total. The Labute approximate surface area is 183 Å². The lowest BCUT2D eigenvalue weighted by atomic mass is 9.82. The lowest BCUT2D eigenvalue weighted by Gasteiger charge is -2.40. The van der Waals surface area contributed by atoms with Gasteiger partial charge in [-0.15, -0.1) is 0 Å². The van der Waals surface area contributed by atoms with Gasteiger partial charge in [-0.25, -0.2) is 4.79 Å². The van der Waals surface area contributed by atoms with Gasteiger partial charge in [-0.3, -0.25) is 4.79 Å². The summed E-state index contributed by atoms with van der Waals surface area (Å²) in [5.74, 6) is -1.48. The van der Waals surface area contributed by atoms with E-state index in [0.717, 1.165) is 47.1 Å². The third-order valence-electron chi connectivity index (χ3n) is 6.26. The average molecular weight is 423 g/mol. The first kappa shape index (κ1) is 21.4. The molecular weight excluding hydrogens is 392 g/mol. The normalized spacial score (nSPS) is 20.5. The van der Waals surface area contributed by atoms with Crippen LogP contribution in [0, 0.1) is 6.92 Å². The van der Waals surface area contributed by atoms with Gasteiger partial charge in [-0.05, 0) is 50.8 Å². The number of ketones is 1. The predicted molar refractivity (Wildman–Crippen MR) is 119 cm³/mol. The molecule has 0 amide bonds. The number of unbranched alkanes of at least 4 members (excludes halogenated alkanes) is 2. The molecule has 5 heteroatoms. The van der Waals surface area contributed by atoms with Gasteiger partial charge in [-0.2, -0.15) is 0 Å². The van der Waals surface area contributed by atoms with E-state index in [2.05, 4.69) is 25.1 Å². The highest BCUT2D eigenvalue weighted by atomic mass is 16.7. The van der Waals surface area contributed by atoms with Crippen LogP contribution in [0.1, 0.15) is 80.9 Å². The number of fused-ring (bicyclic) bond motifs is 5. The van der Waals surface area contributed by atoms with E-state index in [4.69, 9.17) is 14.2 Å². The molecule has 0 bridgehead atoms. The lowest BCUT2D eigenvalue weighted by molar-refractivity contribution is -0.170. The van der Waals surface area contributed by atoms with Gasteiger partial charge >= 0.3 is 11.8 Å². The van der Waals surface area contributed by atoms with Crippen molar-refractivity contribution in [3.8, 4) is 22.6 Å². The molecule has 2 aliphatic rings. The van der Waals surface area contributed by atoms with Crippen LogP contribution >= 0.6 is 0 Å². The summed E-state index contributed by atoms with van der Waals surface area (Å²) in [5.41, 5.74) is 4.49. The van der Waals surface area contributed by atoms with E-state index in [9.17, 15) is 9.59 Å². The number of hydrogen-bond acceptors (Lipinski definition) is 5. The molecule has 0 aromatic heterocycles. The van der Waals surface area contributed by atoms with E-state index >= 15 is 0 Å². The molecule has 0 spiro atoms. The van der Waals surface area contributed by atoms with E-state index in [0.29, 0.717) is 23.5 Å². The Morgan fingerprint density at radius 1 is 1.00 bits per heavy atom. The highest BCUT2D eigenvalue weighted by Crippen LogP contribution is 2.53. The molecule has 2 heterocycles. The third-order valence-corrected chi connectivity index (χ3v) is 6.26. The fourth-order valence-corrected chi connectivity index (χ4v) is 4.42. The number of carbonyl (C=O) groups is 2. The number of cyclic esters (lactones) is 1. The van der Waals surface area contributed by atoms with Crippen LogP contribution in [0.4, 0.5) is 0 Å². The molecule has 0 saturated heterocycles. The molecular formula is C26H30O5. The van der Waals surface area contributed by atoms with Gasteiger partial charge in [0.05, 0.1) is 5.56 Å². The molecule has 2 aromatic carbocycles. The van der Waals surface area contributed by atoms with E-state index in [1.165, 1.54) is 13.8 Å². The van der Waals surface area contributed by atoms with Crippen molar-refractivity contribution in [3.63, 3.8) is 0 Å². The minimum atomic E-state index is -1.66. The minimum absolute atomic E-state index is 0.363. The number of Topliss-reactive ketones (excluding diaryl/α,β-unsaturated/α-hetero) is 1. The first-order valence-corrected chi connectivity index (χ1v) is 11.0. The molecule has 31 heavy (non-hydrogen) atoms. The first-order chi connectivity index (χ1) is 14.6. The van der Waals surface area contributed by atoms with Gasteiger partial charge in [0.1, 0.15) is 16.9 Å². The van der Waals surface area contributed by atoms with Gasteiger partial charge in [-0.1, -0.05) is 43.5 Å². The quantitative estimate of drug-likeness (QED) is 0.445. The number of aryl methyl sites for hydroxylation is 2. The van der Waals surface area contributed by atoms with Crippen molar-refractivity contribution < 1.29 is 23.8 Å². The van der Waals surface area contributed by atoms with Crippen molar-refractivity contribution in [1.82, 2.24) is 0 Å². The van der Waals surface area contributed by atoms with Crippen LogP contribution in [-0.2, 0) is 21.6 Å². The Balaban J connectivity index is 2.01. The maximum Gasteiger partial charge on any atom is 0.345 e.